The van der Waals surface area contributed by atoms with Crippen molar-refractivity contribution in [1.82, 2.24) is 16.2 Å². The number of rotatable bonds is 12. The molecule has 0 aliphatic carbocycles. The molecule has 0 aliphatic rings. The molecule has 0 spiro atoms. The molecule has 0 aliphatic heterocycles. The molecule has 30 heavy (non-hydrogen) atoms. The monoisotopic (exact) mass is 485 g/mol. The van der Waals surface area contributed by atoms with Crippen LogP contribution in [0, 0.1) is 0 Å². The van der Waals surface area contributed by atoms with Crippen molar-refractivity contribution in [1.29, 1.82) is 0 Å². The number of hydrogen-bond donors (Lipinski definition) is 9. The van der Waals surface area contributed by atoms with Crippen molar-refractivity contribution in [2.45, 2.75) is 17.9 Å². The van der Waals surface area contributed by atoms with Gasteiger partial charge in [0.15, 0.2) is 0 Å². The van der Waals surface area contributed by atoms with Gasteiger partial charge in [-0.25, -0.2) is 5.84 Å². The number of hydrazone groups is 1. The highest BCUT2D eigenvalue weighted by Crippen LogP contribution is 2.68. The van der Waals surface area contributed by atoms with Crippen LogP contribution in [0.3, 0.4) is 0 Å². The van der Waals surface area contributed by atoms with Gasteiger partial charge in [-0.3, -0.25) is 20.0 Å². The van der Waals surface area contributed by atoms with E-state index >= 15 is 0 Å². The molecule has 0 aromatic heterocycles. The summed E-state index contributed by atoms with van der Waals surface area (Å²) in [5.41, 5.74) is 5.46. The molecule has 16 heteroatoms. The number of aliphatic hydroxyl groups is 1. The standard InChI is InChI=1S/C14H25N5O8P2S/c15-18-13(30)19-17-10-11-3-1-4-12(9-11)27-8-2-6-16-7-5-14(20,28(21,22)23)29(24,25)26/h1,3-4,9-10,16,20H,2,5-8,15H2,(H2,18,19,30)(H2,21,22,23)(H2,24,25,26). The van der Waals surface area contributed by atoms with Crippen LogP contribution in [0.25, 0.3) is 0 Å². The van der Waals surface area contributed by atoms with Crippen LogP contribution < -0.4 is 26.7 Å². The van der Waals surface area contributed by atoms with Crippen LogP contribution in [-0.4, -0.2) is 60.8 Å². The van der Waals surface area contributed by atoms with E-state index in [-0.39, 0.29) is 11.7 Å². The molecule has 1 aromatic carbocycles. The zero-order chi connectivity index (χ0) is 22.8. The summed E-state index contributed by atoms with van der Waals surface area (Å²) in [6.45, 7) is 0.409. The summed E-state index contributed by atoms with van der Waals surface area (Å²) in [5.74, 6) is 5.68. The third-order valence-corrected chi connectivity index (χ3v) is 7.79. The van der Waals surface area contributed by atoms with E-state index in [9.17, 15) is 14.2 Å². The molecule has 0 saturated carbocycles. The number of thiocarbonyl (C=S) groups is 1. The maximum atomic E-state index is 11.2. The second-order valence-electron chi connectivity index (χ2n) is 5.98. The summed E-state index contributed by atoms with van der Waals surface area (Å²) < 4.78 is 28.1. The summed E-state index contributed by atoms with van der Waals surface area (Å²) in [4.78, 5) is 36.2. The van der Waals surface area contributed by atoms with Crippen LogP contribution in [-0.2, 0) is 9.13 Å². The van der Waals surface area contributed by atoms with Crippen LogP contribution in [0.4, 0.5) is 0 Å². The third kappa shape index (κ3) is 8.36. The lowest BCUT2D eigenvalue weighted by Crippen LogP contribution is -2.37. The number of ether oxygens (including phenoxy) is 1. The van der Waals surface area contributed by atoms with Crippen molar-refractivity contribution >= 4 is 38.7 Å². The van der Waals surface area contributed by atoms with Crippen molar-refractivity contribution in [2.24, 2.45) is 10.9 Å². The molecule has 1 aromatic rings. The Morgan fingerprint density at radius 2 is 1.90 bits per heavy atom. The van der Waals surface area contributed by atoms with Gasteiger partial charge in [-0.15, -0.1) is 0 Å². The first-order valence-corrected chi connectivity index (χ1v) is 12.1. The van der Waals surface area contributed by atoms with Gasteiger partial charge in [-0.1, -0.05) is 12.1 Å². The average molecular weight is 485 g/mol. The minimum atomic E-state index is -5.44. The smallest absolute Gasteiger partial charge is 0.369 e. The molecular formula is C14H25N5O8P2S. The average Bonchev–Trinajstić information content (AvgIpc) is 2.65. The summed E-state index contributed by atoms with van der Waals surface area (Å²) in [7, 11) is -10.9. The molecule has 10 N–H and O–H groups in total. The van der Waals surface area contributed by atoms with Gasteiger partial charge in [0.2, 0.25) is 5.11 Å². The Morgan fingerprint density at radius 1 is 1.23 bits per heavy atom. The number of hydrogen-bond acceptors (Lipinski definition) is 8. The van der Waals surface area contributed by atoms with Crippen molar-refractivity contribution in [2.75, 3.05) is 19.7 Å². The minimum Gasteiger partial charge on any atom is -0.494 e. The second kappa shape index (κ2) is 11.8. The predicted octanol–water partition coefficient (Wildman–Crippen LogP) is -0.892. The normalized spacial score (nSPS) is 12.7. The number of hydrazine groups is 1. The zero-order valence-electron chi connectivity index (χ0n) is 15.7. The van der Waals surface area contributed by atoms with Crippen molar-refractivity contribution in [3.05, 3.63) is 29.8 Å². The highest BCUT2D eigenvalue weighted by Gasteiger charge is 2.58. The molecular weight excluding hydrogens is 460 g/mol. The first-order chi connectivity index (χ1) is 13.9. The first kappa shape index (κ1) is 26.6. The minimum absolute atomic E-state index is 0.159. The Balaban J connectivity index is 2.38. The molecule has 0 bridgehead atoms. The van der Waals surface area contributed by atoms with Crippen molar-refractivity contribution < 1.29 is 38.5 Å². The third-order valence-electron chi connectivity index (χ3n) is 3.71. The van der Waals surface area contributed by atoms with Crippen LogP contribution >= 0.6 is 27.4 Å². The fraction of sp³-hybridized carbons (Fsp3) is 0.429. The van der Waals surface area contributed by atoms with Gasteiger partial charge in [0.05, 0.1) is 12.8 Å². The molecule has 0 heterocycles. The van der Waals surface area contributed by atoms with Crippen LogP contribution in [0.2, 0.25) is 0 Å². The largest absolute Gasteiger partial charge is 0.494 e. The van der Waals surface area contributed by atoms with Gasteiger partial charge in [-0.2, -0.15) is 5.10 Å². The van der Waals surface area contributed by atoms with Crippen LogP contribution in [0.15, 0.2) is 29.4 Å². The van der Waals surface area contributed by atoms with Gasteiger partial charge in [0.25, 0.3) is 5.08 Å². The van der Waals surface area contributed by atoms with Gasteiger partial charge in [0, 0.05) is 6.42 Å². The number of nitrogens with two attached hydrogens (primary N) is 1. The predicted molar refractivity (Wildman–Crippen MR) is 114 cm³/mol. The van der Waals surface area contributed by atoms with E-state index in [0.717, 1.165) is 5.56 Å². The highest BCUT2D eigenvalue weighted by atomic mass is 32.1. The Labute approximate surface area is 178 Å². The van der Waals surface area contributed by atoms with Crippen LogP contribution in [0.1, 0.15) is 18.4 Å². The van der Waals surface area contributed by atoms with E-state index in [1.807, 2.05) is 0 Å². The molecule has 0 saturated heterocycles. The SMILES string of the molecule is NNC(=S)NN=Cc1cccc(OCCCNCCC(O)(P(=O)(O)O)P(=O)(O)O)c1. The van der Waals surface area contributed by atoms with E-state index in [1.54, 1.807) is 24.3 Å². The molecule has 0 amide bonds. The van der Waals surface area contributed by atoms with Gasteiger partial charge < -0.3 is 34.7 Å². The number of benzene rings is 1. The Kier molecular flexibility index (Phi) is 10.5. The summed E-state index contributed by atoms with van der Waals surface area (Å²) in [6.07, 6.45) is 1.18. The molecule has 0 atom stereocenters. The van der Waals surface area contributed by atoms with E-state index in [1.165, 1.54) is 6.21 Å². The Hall–Kier alpha value is -1.44. The molecule has 0 unspecified atom stereocenters. The molecule has 170 valence electrons. The summed E-state index contributed by atoms with van der Waals surface area (Å²) >= 11 is 4.77. The lowest BCUT2D eigenvalue weighted by molar-refractivity contribution is 0.123. The quantitative estimate of drug-likeness (QED) is 0.0438. The molecule has 0 radical (unpaired) electrons. The van der Waals surface area contributed by atoms with Crippen molar-refractivity contribution in [3.8, 4) is 5.75 Å². The maximum Gasteiger partial charge on any atom is 0.369 e. The topological polar surface area (TPSA) is 219 Å². The van der Waals surface area contributed by atoms with Gasteiger partial charge in [-0.05, 0) is 49.4 Å². The van der Waals surface area contributed by atoms with Gasteiger partial charge in [0.1, 0.15) is 5.75 Å². The van der Waals surface area contributed by atoms with E-state index < -0.39 is 26.7 Å². The first-order valence-electron chi connectivity index (χ1n) is 8.47. The number of nitrogens with one attached hydrogen (secondary N) is 3. The Bertz CT molecular complexity index is 808. The lowest BCUT2D eigenvalue weighted by Gasteiger charge is -2.29. The zero-order valence-corrected chi connectivity index (χ0v) is 18.3. The maximum absolute atomic E-state index is 11.2. The fourth-order valence-electron chi connectivity index (χ4n) is 2.11. The second-order valence-corrected chi connectivity index (χ2v) is 10.4. The fourth-order valence-corrected chi connectivity index (χ4v) is 4.33. The molecule has 0 fully saturated rings. The van der Waals surface area contributed by atoms with Crippen LogP contribution in [0.5, 0.6) is 5.75 Å². The van der Waals surface area contributed by atoms with Gasteiger partial charge >= 0.3 is 15.2 Å². The molecule has 1 rings (SSSR count). The lowest BCUT2D eigenvalue weighted by atomic mass is 10.2. The van der Waals surface area contributed by atoms with Crippen molar-refractivity contribution in [3.63, 3.8) is 0 Å². The Morgan fingerprint density at radius 3 is 2.50 bits per heavy atom. The molecule has 13 nitrogen and oxygen atoms in total. The van der Waals surface area contributed by atoms with E-state index in [4.69, 9.17) is 42.4 Å². The number of nitrogens with zero attached hydrogens (tertiary/aromatic N) is 1. The van der Waals surface area contributed by atoms with E-state index in [2.05, 4.69) is 21.3 Å². The highest BCUT2D eigenvalue weighted by molar-refractivity contribution is 7.80. The van der Waals surface area contributed by atoms with E-state index in [0.29, 0.717) is 25.3 Å². The summed E-state index contributed by atoms with van der Waals surface area (Å²) in [5, 5.41) is 13.1. The summed E-state index contributed by atoms with van der Waals surface area (Å²) in [6, 6.07) is 7.03.